The molecule has 1 heterocycles. The number of hydrogen-bond donors (Lipinski definition) is 2. The van der Waals surface area contributed by atoms with Crippen LogP contribution in [0, 0.1) is 0 Å². The second-order valence-corrected chi connectivity index (χ2v) is 5.35. The summed E-state index contributed by atoms with van der Waals surface area (Å²) < 4.78 is 2.68. The molecule has 0 atom stereocenters. The van der Waals surface area contributed by atoms with Gasteiger partial charge in [-0.05, 0) is 24.6 Å². The van der Waals surface area contributed by atoms with Gasteiger partial charge in [0, 0.05) is 17.6 Å². The molecule has 19 heavy (non-hydrogen) atoms. The lowest BCUT2D eigenvalue weighted by atomic mass is 10.3. The van der Waals surface area contributed by atoms with E-state index in [-0.39, 0.29) is 6.61 Å². The van der Waals surface area contributed by atoms with Crippen molar-refractivity contribution in [3.63, 3.8) is 0 Å². The molecule has 2 rings (SSSR count). The Bertz CT molecular complexity index is 546. The van der Waals surface area contributed by atoms with Crippen LogP contribution in [0.5, 0.6) is 0 Å². The Balaban J connectivity index is 1.94. The number of halogens is 2. The lowest BCUT2D eigenvalue weighted by molar-refractivity contribution is 0.276. The van der Waals surface area contributed by atoms with Crippen LogP contribution in [-0.4, -0.2) is 26.7 Å². The van der Waals surface area contributed by atoms with Gasteiger partial charge in [-0.1, -0.05) is 32.7 Å². The molecule has 7 heteroatoms. The number of hydrogen-bond acceptors (Lipinski definition) is 4. The van der Waals surface area contributed by atoms with Crippen molar-refractivity contribution in [1.29, 1.82) is 0 Å². The fraction of sp³-hybridized carbons (Fsp3) is 0.333. The van der Waals surface area contributed by atoms with Gasteiger partial charge in [-0.2, -0.15) is 0 Å². The molecule has 0 bridgehead atoms. The first-order valence-corrected chi connectivity index (χ1v) is 7.05. The highest BCUT2D eigenvalue weighted by Crippen LogP contribution is 2.25. The van der Waals surface area contributed by atoms with Gasteiger partial charge in [0.25, 0.3) is 0 Å². The number of aliphatic hydroxyl groups is 1. The smallest absolute Gasteiger partial charge is 0.102 e. The van der Waals surface area contributed by atoms with Crippen molar-refractivity contribution in [2.75, 3.05) is 11.9 Å². The molecule has 0 aliphatic heterocycles. The van der Waals surface area contributed by atoms with Crippen LogP contribution in [0.3, 0.4) is 0 Å². The standard InChI is InChI=1S/C12H14BrClN4O/c13-9-2-3-11(14)12(6-9)15-7-10-8-18(17-16-10)4-1-5-19/h2-3,6,8,15,19H,1,4-5,7H2. The number of benzene rings is 1. The molecule has 0 saturated carbocycles. The Morgan fingerprint density at radius 3 is 3.05 bits per heavy atom. The Kier molecular flexibility index (Phi) is 5.18. The van der Waals surface area contributed by atoms with E-state index in [2.05, 4.69) is 31.6 Å². The summed E-state index contributed by atoms with van der Waals surface area (Å²) in [5.74, 6) is 0. The molecule has 0 saturated heterocycles. The van der Waals surface area contributed by atoms with Gasteiger partial charge < -0.3 is 10.4 Å². The van der Waals surface area contributed by atoms with E-state index in [1.54, 1.807) is 4.68 Å². The van der Waals surface area contributed by atoms with E-state index in [1.165, 1.54) is 0 Å². The van der Waals surface area contributed by atoms with Crippen molar-refractivity contribution < 1.29 is 5.11 Å². The van der Waals surface area contributed by atoms with Crippen LogP contribution in [0.25, 0.3) is 0 Å². The van der Waals surface area contributed by atoms with Gasteiger partial charge in [0.05, 0.1) is 23.5 Å². The summed E-state index contributed by atoms with van der Waals surface area (Å²) in [6.07, 6.45) is 2.53. The summed E-state index contributed by atoms with van der Waals surface area (Å²) in [4.78, 5) is 0. The first-order valence-electron chi connectivity index (χ1n) is 5.88. The summed E-state index contributed by atoms with van der Waals surface area (Å²) in [7, 11) is 0. The maximum Gasteiger partial charge on any atom is 0.102 e. The molecule has 0 fully saturated rings. The first-order chi connectivity index (χ1) is 9.19. The Hall–Kier alpha value is -1.11. The number of rotatable bonds is 6. The minimum absolute atomic E-state index is 0.154. The van der Waals surface area contributed by atoms with Crippen LogP contribution < -0.4 is 5.32 Å². The predicted octanol–water partition coefficient (Wildman–Crippen LogP) is 2.69. The zero-order chi connectivity index (χ0) is 13.7. The highest BCUT2D eigenvalue weighted by atomic mass is 79.9. The predicted molar refractivity (Wildman–Crippen MR) is 78.2 cm³/mol. The Morgan fingerprint density at radius 2 is 2.26 bits per heavy atom. The molecule has 0 amide bonds. The van der Waals surface area contributed by atoms with Gasteiger partial charge in [0.1, 0.15) is 5.69 Å². The van der Waals surface area contributed by atoms with Crippen LogP contribution in [-0.2, 0) is 13.1 Å². The van der Waals surface area contributed by atoms with Crippen molar-refractivity contribution >= 4 is 33.2 Å². The highest BCUT2D eigenvalue weighted by molar-refractivity contribution is 9.10. The number of aliphatic hydroxyl groups excluding tert-OH is 1. The molecule has 0 radical (unpaired) electrons. The zero-order valence-electron chi connectivity index (χ0n) is 10.2. The number of nitrogens with one attached hydrogen (secondary N) is 1. The van der Waals surface area contributed by atoms with Crippen LogP contribution in [0.4, 0.5) is 5.69 Å². The van der Waals surface area contributed by atoms with E-state index in [1.807, 2.05) is 24.4 Å². The number of anilines is 1. The topological polar surface area (TPSA) is 63.0 Å². The molecule has 5 nitrogen and oxygen atoms in total. The lowest BCUT2D eigenvalue weighted by Gasteiger charge is -2.06. The van der Waals surface area contributed by atoms with Crippen LogP contribution in [0.1, 0.15) is 12.1 Å². The molecule has 2 aromatic rings. The van der Waals surface area contributed by atoms with E-state index in [4.69, 9.17) is 16.7 Å². The summed E-state index contributed by atoms with van der Waals surface area (Å²) in [5, 5.41) is 20.7. The maximum absolute atomic E-state index is 8.75. The van der Waals surface area contributed by atoms with Crippen LogP contribution in [0.2, 0.25) is 5.02 Å². The van der Waals surface area contributed by atoms with Crippen molar-refractivity contribution in [3.05, 3.63) is 39.6 Å². The number of aryl methyl sites for hydroxylation is 1. The summed E-state index contributed by atoms with van der Waals surface area (Å²) in [6.45, 7) is 1.37. The van der Waals surface area contributed by atoms with Gasteiger partial charge in [0.2, 0.25) is 0 Å². The van der Waals surface area contributed by atoms with Crippen molar-refractivity contribution in [3.8, 4) is 0 Å². The molecule has 1 aromatic carbocycles. The third-order valence-corrected chi connectivity index (χ3v) is 3.34. The molecule has 0 unspecified atom stereocenters. The third kappa shape index (κ3) is 4.19. The molecule has 2 N–H and O–H groups in total. The summed E-state index contributed by atoms with van der Waals surface area (Å²) in [5.41, 5.74) is 1.68. The first kappa shape index (κ1) is 14.3. The molecule has 1 aromatic heterocycles. The Morgan fingerprint density at radius 1 is 1.42 bits per heavy atom. The second kappa shape index (κ2) is 6.88. The SMILES string of the molecule is OCCCn1cc(CNc2cc(Br)ccc2Cl)nn1. The molecular weight excluding hydrogens is 332 g/mol. The maximum atomic E-state index is 8.75. The quantitative estimate of drug-likeness (QED) is 0.845. The monoisotopic (exact) mass is 344 g/mol. The van der Waals surface area contributed by atoms with Crippen molar-refractivity contribution in [2.24, 2.45) is 0 Å². The molecule has 0 aliphatic rings. The van der Waals surface area contributed by atoms with E-state index in [9.17, 15) is 0 Å². The summed E-state index contributed by atoms with van der Waals surface area (Å²) >= 11 is 9.48. The van der Waals surface area contributed by atoms with Gasteiger partial charge >= 0.3 is 0 Å². The average Bonchev–Trinajstić information content (AvgIpc) is 2.85. The van der Waals surface area contributed by atoms with Crippen molar-refractivity contribution in [1.82, 2.24) is 15.0 Å². The molecule has 0 spiro atoms. The normalized spacial score (nSPS) is 10.7. The highest BCUT2D eigenvalue weighted by Gasteiger charge is 2.04. The van der Waals surface area contributed by atoms with E-state index in [0.29, 0.717) is 24.5 Å². The largest absolute Gasteiger partial charge is 0.396 e. The zero-order valence-corrected chi connectivity index (χ0v) is 12.5. The van der Waals surface area contributed by atoms with Gasteiger partial charge in [-0.3, -0.25) is 4.68 Å². The molecule has 102 valence electrons. The third-order valence-electron chi connectivity index (χ3n) is 2.52. The van der Waals surface area contributed by atoms with E-state index in [0.717, 1.165) is 15.9 Å². The average molecular weight is 346 g/mol. The van der Waals surface area contributed by atoms with Gasteiger partial charge in [-0.15, -0.1) is 5.10 Å². The fourth-order valence-corrected chi connectivity index (χ4v) is 2.13. The minimum atomic E-state index is 0.154. The van der Waals surface area contributed by atoms with Crippen molar-refractivity contribution in [2.45, 2.75) is 19.5 Å². The summed E-state index contributed by atoms with van der Waals surface area (Å²) in [6, 6.07) is 5.63. The van der Waals surface area contributed by atoms with E-state index >= 15 is 0 Å². The van der Waals surface area contributed by atoms with Gasteiger partial charge in [-0.25, -0.2) is 0 Å². The molecule has 0 aliphatic carbocycles. The van der Waals surface area contributed by atoms with Crippen LogP contribution >= 0.6 is 27.5 Å². The second-order valence-electron chi connectivity index (χ2n) is 4.03. The van der Waals surface area contributed by atoms with Crippen LogP contribution in [0.15, 0.2) is 28.9 Å². The fourth-order valence-electron chi connectivity index (χ4n) is 1.58. The lowest BCUT2D eigenvalue weighted by Crippen LogP contribution is -2.01. The van der Waals surface area contributed by atoms with E-state index < -0.39 is 0 Å². The number of nitrogens with zero attached hydrogens (tertiary/aromatic N) is 3. The van der Waals surface area contributed by atoms with Gasteiger partial charge in [0.15, 0.2) is 0 Å². The minimum Gasteiger partial charge on any atom is -0.396 e. The molecular formula is C12H14BrClN4O. The number of aromatic nitrogens is 3. The Labute approximate surface area is 124 Å².